The molecule has 6 heteroatoms. The van der Waals surface area contributed by atoms with E-state index in [1.54, 1.807) is 0 Å². The van der Waals surface area contributed by atoms with E-state index in [4.69, 9.17) is 10.2 Å². The molecular weight excluding hydrogens is 154 g/mol. The van der Waals surface area contributed by atoms with Gasteiger partial charge in [0, 0.05) is 6.07 Å². The van der Waals surface area contributed by atoms with Crippen LogP contribution in [0.2, 0.25) is 0 Å². The van der Waals surface area contributed by atoms with E-state index in [1.165, 1.54) is 6.07 Å². The molecular formula is C5H5NO5. The van der Waals surface area contributed by atoms with Crippen LogP contribution in [0.15, 0.2) is 10.6 Å². The van der Waals surface area contributed by atoms with Gasteiger partial charge < -0.3 is 19.5 Å². The Hall–Kier alpha value is -1.56. The highest BCUT2D eigenvalue weighted by Crippen LogP contribution is 2.10. The van der Waals surface area contributed by atoms with Crippen molar-refractivity contribution in [3.63, 3.8) is 0 Å². The van der Waals surface area contributed by atoms with Gasteiger partial charge in [0.2, 0.25) is 0 Å². The summed E-state index contributed by atoms with van der Waals surface area (Å²) in [7, 11) is 0. The average molecular weight is 159 g/mol. The number of ether oxygens (including phenoxy) is 1. The van der Waals surface area contributed by atoms with Crippen LogP contribution in [0.5, 0.6) is 5.88 Å². The molecule has 1 heterocycles. The zero-order valence-corrected chi connectivity index (χ0v) is 5.35. The third-order valence-corrected chi connectivity index (χ3v) is 0.885. The average Bonchev–Trinajstić information content (AvgIpc) is 2.34. The van der Waals surface area contributed by atoms with Crippen LogP contribution < -0.4 is 4.74 Å². The highest BCUT2D eigenvalue weighted by atomic mass is 16.7. The second-order valence-electron chi connectivity index (χ2n) is 1.66. The molecule has 11 heavy (non-hydrogen) atoms. The Balaban J connectivity index is 2.65. The quantitative estimate of drug-likeness (QED) is 0.599. The van der Waals surface area contributed by atoms with Crippen LogP contribution >= 0.6 is 0 Å². The molecule has 0 atom stereocenters. The molecule has 0 amide bonds. The van der Waals surface area contributed by atoms with Crippen molar-refractivity contribution in [2.45, 2.75) is 6.61 Å². The predicted molar refractivity (Wildman–Crippen MR) is 31.1 cm³/mol. The van der Waals surface area contributed by atoms with Crippen molar-refractivity contribution in [3.05, 3.63) is 11.8 Å². The smallest absolute Gasteiger partial charge is 0.449 e. The minimum absolute atomic E-state index is 0.154. The molecule has 0 unspecified atom stereocenters. The molecule has 1 aromatic rings. The molecule has 0 spiro atoms. The highest BCUT2D eigenvalue weighted by molar-refractivity contribution is 5.60. The fourth-order valence-corrected chi connectivity index (χ4v) is 0.506. The molecule has 0 saturated heterocycles. The number of aliphatic hydroxyl groups excluding tert-OH is 1. The first kappa shape index (κ1) is 7.55. The predicted octanol–water partition coefficient (Wildman–Crippen LogP) is 0.224. The van der Waals surface area contributed by atoms with Gasteiger partial charge in [-0.1, -0.05) is 0 Å². The van der Waals surface area contributed by atoms with Crippen molar-refractivity contribution in [1.82, 2.24) is 5.16 Å². The van der Waals surface area contributed by atoms with E-state index in [0.717, 1.165) is 0 Å². The standard InChI is InChI=1S/C5H5NO5/c7-2-3-1-4(6-11-3)10-5(8)9/h1,7H,2H2,(H,8,9). The Morgan fingerprint density at radius 3 is 3.00 bits per heavy atom. The minimum atomic E-state index is -1.47. The Kier molecular flexibility index (Phi) is 2.07. The van der Waals surface area contributed by atoms with E-state index in [2.05, 4.69) is 14.4 Å². The Morgan fingerprint density at radius 2 is 2.55 bits per heavy atom. The number of aromatic nitrogens is 1. The van der Waals surface area contributed by atoms with E-state index in [-0.39, 0.29) is 18.2 Å². The summed E-state index contributed by atoms with van der Waals surface area (Å²) in [6, 6.07) is 1.19. The molecule has 0 saturated carbocycles. The van der Waals surface area contributed by atoms with Gasteiger partial charge in [-0.2, -0.15) is 0 Å². The summed E-state index contributed by atoms with van der Waals surface area (Å²) < 4.78 is 8.52. The van der Waals surface area contributed by atoms with Gasteiger partial charge in [-0.05, 0) is 5.16 Å². The monoisotopic (exact) mass is 159 g/mol. The van der Waals surface area contributed by atoms with Crippen molar-refractivity contribution in [1.29, 1.82) is 0 Å². The largest absolute Gasteiger partial charge is 0.512 e. The van der Waals surface area contributed by atoms with Gasteiger partial charge >= 0.3 is 6.16 Å². The maximum atomic E-state index is 9.90. The molecule has 0 aliphatic carbocycles. The van der Waals surface area contributed by atoms with Crippen molar-refractivity contribution in [2.75, 3.05) is 0 Å². The van der Waals surface area contributed by atoms with Crippen molar-refractivity contribution >= 4 is 6.16 Å². The number of carbonyl (C=O) groups is 1. The molecule has 0 aliphatic heterocycles. The number of hydrogen-bond donors (Lipinski definition) is 2. The molecule has 0 bridgehead atoms. The highest BCUT2D eigenvalue weighted by Gasteiger charge is 2.06. The Morgan fingerprint density at radius 1 is 1.82 bits per heavy atom. The van der Waals surface area contributed by atoms with Crippen LogP contribution in [0.3, 0.4) is 0 Å². The summed E-state index contributed by atoms with van der Waals surface area (Å²) in [5.74, 6) is -0.0252. The van der Waals surface area contributed by atoms with E-state index in [9.17, 15) is 4.79 Å². The summed E-state index contributed by atoms with van der Waals surface area (Å²) in [4.78, 5) is 9.90. The Bertz CT molecular complexity index is 255. The van der Waals surface area contributed by atoms with Crippen molar-refractivity contribution < 1.29 is 24.3 Å². The lowest BCUT2D eigenvalue weighted by molar-refractivity contribution is 0.140. The summed E-state index contributed by atoms with van der Waals surface area (Å²) in [6.45, 7) is -0.337. The number of nitrogens with zero attached hydrogens (tertiary/aromatic N) is 1. The van der Waals surface area contributed by atoms with Crippen molar-refractivity contribution in [3.8, 4) is 5.88 Å². The first-order valence-corrected chi connectivity index (χ1v) is 2.69. The number of hydrogen-bond acceptors (Lipinski definition) is 5. The van der Waals surface area contributed by atoms with Gasteiger partial charge in [0.1, 0.15) is 6.61 Å². The molecule has 0 aliphatic rings. The molecule has 0 aromatic carbocycles. The van der Waals surface area contributed by atoms with Gasteiger partial charge in [0.05, 0.1) is 0 Å². The fourth-order valence-electron chi connectivity index (χ4n) is 0.506. The van der Waals surface area contributed by atoms with Crippen LogP contribution in [-0.4, -0.2) is 21.5 Å². The summed E-state index contributed by atoms with van der Waals surface area (Å²) in [5, 5.41) is 19.7. The van der Waals surface area contributed by atoms with Gasteiger partial charge in [-0.25, -0.2) is 4.79 Å². The van der Waals surface area contributed by atoms with Crippen LogP contribution in [-0.2, 0) is 6.61 Å². The molecule has 0 radical (unpaired) electrons. The van der Waals surface area contributed by atoms with E-state index in [0.29, 0.717) is 0 Å². The van der Waals surface area contributed by atoms with Crippen LogP contribution in [0.1, 0.15) is 5.76 Å². The number of carboxylic acid groups (broad SMARTS) is 1. The third kappa shape index (κ3) is 1.94. The van der Waals surface area contributed by atoms with Gasteiger partial charge in [-0.3, -0.25) is 0 Å². The third-order valence-electron chi connectivity index (χ3n) is 0.885. The second kappa shape index (κ2) is 3.02. The summed E-state index contributed by atoms with van der Waals surface area (Å²) in [5.41, 5.74) is 0. The topological polar surface area (TPSA) is 92.8 Å². The van der Waals surface area contributed by atoms with Crippen LogP contribution in [0.4, 0.5) is 4.79 Å². The zero-order chi connectivity index (χ0) is 8.27. The normalized spacial score (nSPS) is 9.55. The first-order valence-electron chi connectivity index (χ1n) is 2.69. The minimum Gasteiger partial charge on any atom is -0.449 e. The lowest BCUT2D eigenvalue weighted by atomic mass is 10.5. The number of rotatable bonds is 2. The molecule has 1 aromatic heterocycles. The maximum Gasteiger partial charge on any atom is 0.512 e. The summed E-state index contributed by atoms with van der Waals surface area (Å²) >= 11 is 0. The van der Waals surface area contributed by atoms with E-state index >= 15 is 0 Å². The Labute approximate surface area is 61.0 Å². The summed E-state index contributed by atoms with van der Waals surface area (Å²) in [6.07, 6.45) is -1.47. The molecule has 1 rings (SSSR count). The van der Waals surface area contributed by atoms with Crippen LogP contribution in [0, 0.1) is 0 Å². The SMILES string of the molecule is O=C(O)Oc1cc(CO)on1. The van der Waals surface area contributed by atoms with Crippen molar-refractivity contribution in [2.24, 2.45) is 0 Å². The van der Waals surface area contributed by atoms with Crippen LogP contribution in [0.25, 0.3) is 0 Å². The lowest BCUT2D eigenvalue weighted by Gasteiger charge is -1.87. The molecule has 2 N–H and O–H groups in total. The lowest BCUT2D eigenvalue weighted by Crippen LogP contribution is -2.02. The first-order chi connectivity index (χ1) is 5.22. The number of aliphatic hydroxyl groups is 1. The van der Waals surface area contributed by atoms with E-state index in [1.807, 2.05) is 0 Å². The van der Waals surface area contributed by atoms with Gasteiger partial charge in [0.15, 0.2) is 5.76 Å². The fraction of sp³-hybridized carbons (Fsp3) is 0.200. The second-order valence-corrected chi connectivity index (χ2v) is 1.66. The van der Waals surface area contributed by atoms with Gasteiger partial charge in [-0.15, -0.1) is 0 Å². The molecule has 6 nitrogen and oxygen atoms in total. The maximum absolute atomic E-state index is 9.90. The van der Waals surface area contributed by atoms with Gasteiger partial charge in [0.25, 0.3) is 5.88 Å². The zero-order valence-electron chi connectivity index (χ0n) is 5.35. The van der Waals surface area contributed by atoms with E-state index < -0.39 is 6.16 Å². The molecule has 60 valence electrons. The molecule has 0 fully saturated rings.